The van der Waals surface area contributed by atoms with E-state index in [-0.39, 0.29) is 12.5 Å². The summed E-state index contributed by atoms with van der Waals surface area (Å²) < 4.78 is 5.54. The SMILES string of the molecule is N#Cc1ccc(OCC(=O)N2CCCN(c3cccnn3)CC2)cc1. The molecule has 7 nitrogen and oxygen atoms in total. The summed E-state index contributed by atoms with van der Waals surface area (Å²) in [6, 6.07) is 12.6. The van der Waals surface area contributed by atoms with Gasteiger partial charge in [0.15, 0.2) is 12.4 Å². The molecule has 128 valence electrons. The molecular formula is C18H19N5O2. The van der Waals surface area contributed by atoms with E-state index >= 15 is 0 Å². The molecule has 0 N–H and O–H groups in total. The highest BCUT2D eigenvalue weighted by molar-refractivity contribution is 5.77. The van der Waals surface area contributed by atoms with Crippen LogP contribution >= 0.6 is 0 Å². The van der Waals surface area contributed by atoms with Crippen molar-refractivity contribution in [3.63, 3.8) is 0 Å². The molecule has 25 heavy (non-hydrogen) atoms. The number of rotatable bonds is 4. The number of nitrogens with zero attached hydrogens (tertiary/aromatic N) is 5. The van der Waals surface area contributed by atoms with E-state index in [9.17, 15) is 4.79 Å². The summed E-state index contributed by atoms with van der Waals surface area (Å²) >= 11 is 0. The zero-order valence-electron chi connectivity index (χ0n) is 13.8. The third-order valence-electron chi connectivity index (χ3n) is 4.08. The van der Waals surface area contributed by atoms with Crippen molar-refractivity contribution in [2.75, 3.05) is 37.7 Å². The van der Waals surface area contributed by atoms with Gasteiger partial charge in [-0.3, -0.25) is 4.79 Å². The Hall–Kier alpha value is -3.14. The van der Waals surface area contributed by atoms with Crippen molar-refractivity contribution in [1.82, 2.24) is 15.1 Å². The van der Waals surface area contributed by atoms with Gasteiger partial charge in [0.2, 0.25) is 0 Å². The Labute approximate surface area is 146 Å². The minimum atomic E-state index is -0.0367. The summed E-state index contributed by atoms with van der Waals surface area (Å²) in [7, 11) is 0. The number of anilines is 1. The topological polar surface area (TPSA) is 82.4 Å². The van der Waals surface area contributed by atoms with Crippen molar-refractivity contribution in [3.8, 4) is 11.8 Å². The van der Waals surface area contributed by atoms with Gasteiger partial charge in [-0.1, -0.05) is 0 Å². The maximum Gasteiger partial charge on any atom is 0.260 e. The highest BCUT2D eigenvalue weighted by Gasteiger charge is 2.20. The Bertz CT molecular complexity index is 742. The van der Waals surface area contributed by atoms with Gasteiger partial charge in [-0.05, 0) is 42.8 Å². The van der Waals surface area contributed by atoms with Crippen molar-refractivity contribution in [2.24, 2.45) is 0 Å². The lowest BCUT2D eigenvalue weighted by atomic mass is 10.2. The second-order valence-electron chi connectivity index (χ2n) is 5.73. The number of ether oxygens (including phenoxy) is 1. The lowest BCUT2D eigenvalue weighted by Crippen LogP contribution is -2.38. The van der Waals surface area contributed by atoms with Crippen LogP contribution in [-0.2, 0) is 4.79 Å². The number of carbonyl (C=O) groups is 1. The number of benzene rings is 1. The number of aromatic nitrogens is 2. The van der Waals surface area contributed by atoms with Crippen molar-refractivity contribution in [2.45, 2.75) is 6.42 Å². The number of amides is 1. The van der Waals surface area contributed by atoms with E-state index in [1.807, 2.05) is 17.0 Å². The van der Waals surface area contributed by atoms with Crippen LogP contribution in [0.15, 0.2) is 42.6 Å². The third kappa shape index (κ3) is 4.44. The largest absolute Gasteiger partial charge is 0.484 e. The van der Waals surface area contributed by atoms with Crippen LogP contribution in [0.5, 0.6) is 5.75 Å². The first-order chi connectivity index (χ1) is 12.3. The maximum atomic E-state index is 12.4. The highest BCUT2D eigenvalue weighted by Crippen LogP contribution is 2.14. The molecule has 0 unspecified atom stereocenters. The minimum absolute atomic E-state index is 0.00293. The summed E-state index contributed by atoms with van der Waals surface area (Å²) in [5.74, 6) is 1.39. The summed E-state index contributed by atoms with van der Waals surface area (Å²) in [5.41, 5.74) is 0.565. The standard InChI is InChI=1S/C18H19N5O2/c19-13-15-4-6-16(7-5-15)25-14-18(24)23-10-2-9-22(11-12-23)17-3-1-8-20-21-17/h1,3-8H,2,9-12,14H2. The van der Waals surface area contributed by atoms with Crippen LogP contribution < -0.4 is 9.64 Å². The lowest BCUT2D eigenvalue weighted by Gasteiger charge is -2.22. The molecule has 2 heterocycles. The predicted octanol–water partition coefficient (Wildman–Crippen LogP) is 1.47. The molecule has 1 fully saturated rings. The lowest BCUT2D eigenvalue weighted by molar-refractivity contribution is -0.133. The van der Waals surface area contributed by atoms with Gasteiger partial charge in [0, 0.05) is 32.4 Å². The van der Waals surface area contributed by atoms with Gasteiger partial charge in [-0.15, -0.1) is 5.10 Å². The first-order valence-corrected chi connectivity index (χ1v) is 8.19. The fraction of sp³-hybridized carbons (Fsp3) is 0.333. The Morgan fingerprint density at radius 2 is 2.00 bits per heavy atom. The molecule has 0 bridgehead atoms. The molecule has 0 aliphatic carbocycles. The molecule has 0 spiro atoms. The molecule has 1 aromatic heterocycles. The fourth-order valence-corrected chi connectivity index (χ4v) is 2.72. The molecule has 7 heteroatoms. The van der Waals surface area contributed by atoms with Crippen LogP contribution in [0, 0.1) is 11.3 Å². The van der Waals surface area contributed by atoms with Crippen LogP contribution in [0.3, 0.4) is 0 Å². The number of nitriles is 1. The number of hydrogen-bond acceptors (Lipinski definition) is 6. The zero-order chi connectivity index (χ0) is 17.5. The molecular weight excluding hydrogens is 318 g/mol. The van der Waals surface area contributed by atoms with E-state index in [0.29, 0.717) is 24.4 Å². The highest BCUT2D eigenvalue weighted by atomic mass is 16.5. The van der Waals surface area contributed by atoms with Crippen molar-refractivity contribution >= 4 is 11.7 Å². The van der Waals surface area contributed by atoms with E-state index in [2.05, 4.69) is 21.2 Å². The monoisotopic (exact) mass is 337 g/mol. The van der Waals surface area contributed by atoms with E-state index < -0.39 is 0 Å². The Morgan fingerprint density at radius 3 is 2.72 bits per heavy atom. The summed E-state index contributed by atoms with van der Waals surface area (Å²) in [6.07, 6.45) is 2.52. The fourth-order valence-electron chi connectivity index (χ4n) is 2.72. The first kappa shape index (κ1) is 16.7. The van der Waals surface area contributed by atoms with Gasteiger partial charge in [0.1, 0.15) is 5.75 Å². The van der Waals surface area contributed by atoms with Gasteiger partial charge in [0.25, 0.3) is 5.91 Å². The normalized spacial score (nSPS) is 14.5. The van der Waals surface area contributed by atoms with E-state index in [0.717, 1.165) is 25.3 Å². The average molecular weight is 337 g/mol. The molecule has 0 radical (unpaired) electrons. The molecule has 1 amide bonds. The van der Waals surface area contributed by atoms with Crippen molar-refractivity contribution in [3.05, 3.63) is 48.2 Å². The van der Waals surface area contributed by atoms with E-state index in [1.54, 1.807) is 30.5 Å². The summed E-state index contributed by atoms with van der Waals surface area (Å²) in [4.78, 5) is 16.4. The summed E-state index contributed by atoms with van der Waals surface area (Å²) in [5, 5.41) is 16.8. The summed E-state index contributed by atoms with van der Waals surface area (Å²) in [6.45, 7) is 2.90. The Kier molecular flexibility index (Phi) is 5.42. The first-order valence-electron chi connectivity index (χ1n) is 8.19. The predicted molar refractivity (Wildman–Crippen MR) is 92.1 cm³/mol. The van der Waals surface area contributed by atoms with E-state index in [4.69, 9.17) is 10.00 Å². The quantitative estimate of drug-likeness (QED) is 0.840. The molecule has 1 aliphatic heterocycles. The van der Waals surface area contributed by atoms with Crippen LogP contribution in [0.25, 0.3) is 0 Å². The van der Waals surface area contributed by atoms with Crippen LogP contribution in [0.2, 0.25) is 0 Å². The number of carbonyl (C=O) groups excluding carboxylic acids is 1. The molecule has 1 aromatic carbocycles. The van der Waals surface area contributed by atoms with Gasteiger partial charge in [-0.2, -0.15) is 10.4 Å². The van der Waals surface area contributed by atoms with Gasteiger partial charge in [-0.25, -0.2) is 0 Å². The van der Waals surface area contributed by atoms with Crippen molar-refractivity contribution < 1.29 is 9.53 Å². The molecule has 1 aliphatic rings. The van der Waals surface area contributed by atoms with Crippen LogP contribution in [0.4, 0.5) is 5.82 Å². The Morgan fingerprint density at radius 1 is 1.16 bits per heavy atom. The second kappa shape index (κ2) is 8.11. The van der Waals surface area contributed by atoms with Crippen LogP contribution in [-0.4, -0.2) is 53.8 Å². The minimum Gasteiger partial charge on any atom is -0.484 e. The smallest absolute Gasteiger partial charge is 0.260 e. The van der Waals surface area contributed by atoms with Crippen LogP contribution in [0.1, 0.15) is 12.0 Å². The van der Waals surface area contributed by atoms with Gasteiger partial charge in [0.05, 0.1) is 11.6 Å². The zero-order valence-corrected chi connectivity index (χ0v) is 13.8. The molecule has 0 saturated carbocycles. The van der Waals surface area contributed by atoms with Crippen molar-refractivity contribution in [1.29, 1.82) is 5.26 Å². The van der Waals surface area contributed by atoms with Gasteiger partial charge >= 0.3 is 0 Å². The van der Waals surface area contributed by atoms with Gasteiger partial charge < -0.3 is 14.5 Å². The maximum absolute atomic E-state index is 12.4. The average Bonchev–Trinajstić information content (AvgIpc) is 2.93. The molecule has 3 rings (SSSR count). The molecule has 1 saturated heterocycles. The molecule has 2 aromatic rings. The second-order valence-corrected chi connectivity index (χ2v) is 5.73. The van der Waals surface area contributed by atoms with E-state index in [1.165, 1.54) is 0 Å². The number of hydrogen-bond donors (Lipinski definition) is 0. The molecule has 0 atom stereocenters. The Balaban J connectivity index is 1.51. The third-order valence-corrected chi connectivity index (χ3v) is 4.08.